The third kappa shape index (κ3) is 3.33. The molecule has 20 heavy (non-hydrogen) atoms. The number of carbonyl (C=O) groups excluding carboxylic acids is 1. The third-order valence-electron chi connectivity index (χ3n) is 3.81. The normalized spacial score (nSPS) is 21.7. The number of carboxylic acid groups (broad SMARTS) is 1. The summed E-state index contributed by atoms with van der Waals surface area (Å²) in [6.07, 6.45) is 3.89. The number of benzene rings is 1. The van der Waals surface area contributed by atoms with Gasteiger partial charge in [0.1, 0.15) is 0 Å². The Morgan fingerprint density at radius 3 is 2.70 bits per heavy atom. The molecule has 4 nitrogen and oxygen atoms in total. The molecule has 1 aromatic rings. The second-order valence-corrected chi connectivity index (χ2v) is 6.08. The highest BCUT2D eigenvalue weighted by Crippen LogP contribution is 2.26. The van der Waals surface area contributed by atoms with Gasteiger partial charge in [-0.1, -0.05) is 6.07 Å². The molecule has 1 fully saturated rings. The Kier molecular flexibility index (Phi) is 4.70. The lowest BCUT2D eigenvalue weighted by molar-refractivity contribution is -0.141. The molecule has 0 saturated heterocycles. The van der Waals surface area contributed by atoms with Crippen molar-refractivity contribution in [2.24, 2.45) is 5.92 Å². The summed E-state index contributed by atoms with van der Waals surface area (Å²) in [6.45, 7) is 1.91. The van der Waals surface area contributed by atoms with Gasteiger partial charge in [-0.25, -0.2) is 0 Å². The average molecular weight is 293 g/mol. The standard InChI is InChI=1S/C15H19NO3S/c1-9-3-6-12(20-2)8-13(9)14(17)16-11-5-4-10(7-11)15(18)19/h3,6,8,10-11H,4-5,7H2,1-2H3,(H,16,17)(H,18,19)/t10-,11+/m1/s1. The maximum absolute atomic E-state index is 12.3. The summed E-state index contributed by atoms with van der Waals surface area (Å²) >= 11 is 1.60. The number of carbonyl (C=O) groups is 2. The Labute approximate surface area is 123 Å². The van der Waals surface area contributed by atoms with Crippen molar-refractivity contribution < 1.29 is 14.7 Å². The molecule has 0 radical (unpaired) electrons. The summed E-state index contributed by atoms with van der Waals surface area (Å²) in [5.74, 6) is -1.18. The fraction of sp³-hybridized carbons (Fsp3) is 0.467. The molecule has 0 bridgehead atoms. The number of hydrogen-bond acceptors (Lipinski definition) is 3. The van der Waals surface area contributed by atoms with Crippen molar-refractivity contribution in [3.05, 3.63) is 29.3 Å². The number of hydrogen-bond donors (Lipinski definition) is 2. The minimum absolute atomic E-state index is 0.0269. The highest BCUT2D eigenvalue weighted by molar-refractivity contribution is 7.98. The van der Waals surface area contributed by atoms with Gasteiger partial charge in [-0.2, -0.15) is 0 Å². The first kappa shape index (κ1) is 14.9. The van der Waals surface area contributed by atoms with Crippen molar-refractivity contribution >= 4 is 23.6 Å². The molecule has 0 heterocycles. The summed E-state index contributed by atoms with van der Waals surface area (Å²) in [5.41, 5.74) is 1.61. The van der Waals surface area contributed by atoms with E-state index in [2.05, 4.69) is 5.32 Å². The first-order chi connectivity index (χ1) is 9.51. The molecule has 0 spiro atoms. The van der Waals surface area contributed by atoms with Crippen LogP contribution in [0.4, 0.5) is 0 Å². The highest BCUT2D eigenvalue weighted by atomic mass is 32.2. The van der Waals surface area contributed by atoms with Crippen LogP contribution >= 0.6 is 11.8 Å². The van der Waals surface area contributed by atoms with Gasteiger partial charge >= 0.3 is 5.97 Å². The molecule has 0 aliphatic heterocycles. The fourth-order valence-electron chi connectivity index (χ4n) is 2.57. The summed E-state index contributed by atoms with van der Waals surface area (Å²) in [7, 11) is 0. The third-order valence-corrected chi connectivity index (χ3v) is 4.53. The number of thioether (sulfide) groups is 1. The molecule has 108 valence electrons. The van der Waals surface area contributed by atoms with Crippen LogP contribution in [0.25, 0.3) is 0 Å². The van der Waals surface area contributed by atoms with Crippen molar-refractivity contribution in [1.82, 2.24) is 5.32 Å². The van der Waals surface area contributed by atoms with Gasteiger partial charge in [-0.15, -0.1) is 11.8 Å². The van der Waals surface area contributed by atoms with Gasteiger partial charge in [0.15, 0.2) is 0 Å². The van der Waals surface area contributed by atoms with Crippen molar-refractivity contribution in [3.8, 4) is 0 Å². The van der Waals surface area contributed by atoms with Crippen LogP contribution in [0.3, 0.4) is 0 Å². The van der Waals surface area contributed by atoms with Crippen molar-refractivity contribution in [1.29, 1.82) is 0 Å². The molecule has 2 rings (SSSR count). The van der Waals surface area contributed by atoms with Gasteiger partial charge in [-0.05, 0) is 50.1 Å². The van der Waals surface area contributed by atoms with E-state index in [4.69, 9.17) is 5.11 Å². The zero-order valence-electron chi connectivity index (χ0n) is 11.7. The Balaban J connectivity index is 2.04. The highest BCUT2D eigenvalue weighted by Gasteiger charge is 2.30. The van der Waals surface area contributed by atoms with Gasteiger partial charge in [-0.3, -0.25) is 9.59 Å². The van der Waals surface area contributed by atoms with Crippen LogP contribution in [-0.4, -0.2) is 29.3 Å². The van der Waals surface area contributed by atoms with E-state index in [1.165, 1.54) is 0 Å². The molecule has 1 aromatic carbocycles. The molecule has 2 atom stereocenters. The van der Waals surface area contributed by atoms with E-state index in [1.54, 1.807) is 11.8 Å². The van der Waals surface area contributed by atoms with Gasteiger partial charge in [0.05, 0.1) is 5.92 Å². The zero-order valence-corrected chi connectivity index (χ0v) is 12.5. The predicted molar refractivity (Wildman–Crippen MR) is 79.2 cm³/mol. The van der Waals surface area contributed by atoms with Crippen LogP contribution in [0, 0.1) is 12.8 Å². The van der Waals surface area contributed by atoms with Crippen LogP contribution in [0.5, 0.6) is 0 Å². The molecule has 0 unspecified atom stereocenters. The van der Waals surface area contributed by atoms with Crippen molar-refractivity contribution in [2.45, 2.75) is 37.1 Å². The molecule has 1 aliphatic rings. The van der Waals surface area contributed by atoms with Crippen LogP contribution in [0.2, 0.25) is 0 Å². The van der Waals surface area contributed by atoms with Crippen LogP contribution < -0.4 is 5.32 Å². The van der Waals surface area contributed by atoms with Crippen LogP contribution in [0.1, 0.15) is 35.2 Å². The summed E-state index contributed by atoms with van der Waals surface area (Å²) < 4.78 is 0. The lowest BCUT2D eigenvalue weighted by atomic mass is 10.1. The first-order valence-corrected chi connectivity index (χ1v) is 7.92. The van der Waals surface area contributed by atoms with E-state index >= 15 is 0 Å². The zero-order chi connectivity index (χ0) is 14.7. The molecule has 1 saturated carbocycles. The lowest BCUT2D eigenvalue weighted by Gasteiger charge is -2.14. The van der Waals surface area contributed by atoms with E-state index in [0.29, 0.717) is 18.4 Å². The number of rotatable bonds is 4. The average Bonchev–Trinajstić information content (AvgIpc) is 2.88. The maximum Gasteiger partial charge on any atom is 0.306 e. The van der Waals surface area contributed by atoms with Gasteiger partial charge in [0.25, 0.3) is 5.91 Å². The number of aryl methyl sites for hydroxylation is 1. The van der Waals surface area contributed by atoms with Crippen molar-refractivity contribution in [3.63, 3.8) is 0 Å². The Hall–Kier alpha value is -1.49. The second kappa shape index (κ2) is 6.31. The van der Waals surface area contributed by atoms with E-state index in [0.717, 1.165) is 16.9 Å². The smallest absolute Gasteiger partial charge is 0.306 e. The van der Waals surface area contributed by atoms with E-state index in [1.807, 2.05) is 31.4 Å². The number of aliphatic carboxylic acids is 1. The topological polar surface area (TPSA) is 66.4 Å². The molecule has 5 heteroatoms. The minimum atomic E-state index is -0.762. The second-order valence-electron chi connectivity index (χ2n) is 5.20. The van der Waals surface area contributed by atoms with Gasteiger partial charge in [0.2, 0.25) is 0 Å². The van der Waals surface area contributed by atoms with E-state index in [9.17, 15) is 9.59 Å². The largest absolute Gasteiger partial charge is 0.481 e. The number of nitrogens with one attached hydrogen (secondary N) is 1. The molecule has 2 N–H and O–H groups in total. The maximum atomic E-state index is 12.3. The van der Waals surface area contributed by atoms with Crippen LogP contribution in [0.15, 0.2) is 23.1 Å². The van der Waals surface area contributed by atoms with E-state index in [-0.39, 0.29) is 17.9 Å². The molecular formula is C15H19NO3S. The van der Waals surface area contributed by atoms with Gasteiger partial charge in [0, 0.05) is 16.5 Å². The monoisotopic (exact) mass is 293 g/mol. The first-order valence-electron chi connectivity index (χ1n) is 6.69. The van der Waals surface area contributed by atoms with Crippen LogP contribution in [-0.2, 0) is 4.79 Å². The molecule has 1 amide bonds. The lowest BCUT2D eigenvalue weighted by Crippen LogP contribution is -2.33. The Morgan fingerprint density at radius 1 is 1.35 bits per heavy atom. The number of carboxylic acids is 1. The quantitative estimate of drug-likeness (QED) is 0.838. The fourth-order valence-corrected chi connectivity index (χ4v) is 3.01. The van der Waals surface area contributed by atoms with Crippen molar-refractivity contribution in [2.75, 3.05) is 6.26 Å². The Morgan fingerprint density at radius 2 is 2.10 bits per heavy atom. The number of amides is 1. The van der Waals surface area contributed by atoms with E-state index < -0.39 is 5.97 Å². The minimum Gasteiger partial charge on any atom is -0.481 e. The van der Waals surface area contributed by atoms with Gasteiger partial charge < -0.3 is 10.4 Å². The predicted octanol–water partition coefficient (Wildman–Crippen LogP) is 2.70. The summed E-state index contributed by atoms with van der Waals surface area (Å²) in [4.78, 5) is 24.3. The molecule has 0 aromatic heterocycles. The Bertz CT molecular complexity index is 530. The molecule has 1 aliphatic carbocycles. The SMILES string of the molecule is CSc1ccc(C)c(C(=O)N[C@H]2CC[C@@H](C(=O)O)C2)c1. The molecular weight excluding hydrogens is 274 g/mol. The summed E-state index contributed by atoms with van der Waals surface area (Å²) in [6, 6.07) is 5.79. The summed E-state index contributed by atoms with van der Waals surface area (Å²) in [5, 5.41) is 11.9.